The highest BCUT2D eigenvalue weighted by molar-refractivity contribution is 8.01. The summed E-state index contributed by atoms with van der Waals surface area (Å²) in [6, 6.07) is 3.35. The summed E-state index contributed by atoms with van der Waals surface area (Å²) in [5.41, 5.74) is 0. The Morgan fingerprint density at radius 3 is 2.95 bits per heavy atom. The highest BCUT2D eigenvalue weighted by atomic mass is 35.5. The van der Waals surface area contributed by atoms with Gasteiger partial charge in [0, 0.05) is 18.4 Å². The normalized spacial score (nSPS) is 10.4. The first-order valence-electron chi connectivity index (χ1n) is 5.48. The van der Waals surface area contributed by atoms with Crippen LogP contribution in [-0.2, 0) is 4.79 Å². The van der Waals surface area contributed by atoms with Crippen LogP contribution in [0.15, 0.2) is 22.7 Å². The minimum Gasteiger partial charge on any atom is -0.311 e. The molecule has 1 amide bonds. The average Bonchev–Trinajstić information content (AvgIpc) is 2.78. The van der Waals surface area contributed by atoms with Crippen LogP contribution in [0, 0.1) is 6.92 Å². The van der Waals surface area contributed by atoms with Gasteiger partial charge in [0.2, 0.25) is 5.91 Å². The third-order valence-corrected chi connectivity index (χ3v) is 4.25. The number of nitrogens with zero attached hydrogens (tertiary/aromatic N) is 3. The number of amides is 1. The molecule has 19 heavy (non-hydrogen) atoms. The van der Waals surface area contributed by atoms with Crippen molar-refractivity contribution in [3.05, 3.63) is 28.4 Å². The van der Waals surface area contributed by atoms with Crippen LogP contribution >= 0.6 is 34.7 Å². The molecular formula is C11H11ClN4OS2. The lowest BCUT2D eigenvalue weighted by Gasteiger charge is -2.03. The van der Waals surface area contributed by atoms with Crippen molar-refractivity contribution in [1.82, 2.24) is 15.2 Å². The molecule has 8 heteroatoms. The molecule has 0 fully saturated rings. The maximum atomic E-state index is 11.7. The van der Waals surface area contributed by atoms with Gasteiger partial charge in [0.1, 0.15) is 10.8 Å². The van der Waals surface area contributed by atoms with Crippen molar-refractivity contribution in [3.8, 4) is 0 Å². The highest BCUT2D eigenvalue weighted by Crippen LogP contribution is 2.22. The summed E-state index contributed by atoms with van der Waals surface area (Å²) in [7, 11) is 0. The Kier molecular flexibility index (Phi) is 5.12. The van der Waals surface area contributed by atoms with Gasteiger partial charge in [0.15, 0.2) is 4.34 Å². The zero-order chi connectivity index (χ0) is 13.7. The molecule has 0 unspecified atom stereocenters. The molecule has 0 bridgehead atoms. The molecule has 0 aliphatic heterocycles. The van der Waals surface area contributed by atoms with Crippen LogP contribution in [0.3, 0.4) is 0 Å². The lowest BCUT2D eigenvalue weighted by molar-refractivity contribution is -0.115. The predicted molar refractivity (Wildman–Crippen MR) is 77.9 cm³/mol. The molecule has 0 spiro atoms. The molecule has 5 nitrogen and oxygen atoms in total. The summed E-state index contributed by atoms with van der Waals surface area (Å²) < 4.78 is 0.884. The minimum absolute atomic E-state index is 0.0800. The lowest BCUT2D eigenvalue weighted by atomic mass is 10.4. The molecule has 0 saturated heterocycles. The molecule has 0 aliphatic rings. The molecule has 2 aromatic rings. The van der Waals surface area contributed by atoms with Gasteiger partial charge in [0.05, 0.1) is 5.02 Å². The van der Waals surface area contributed by atoms with E-state index < -0.39 is 0 Å². The smallest absolute Gasteiger partial charge is 0.226 e. The Morgan fingerprint density at radius 2 is 2.32 bits per heavy atom. The van der Waals surface area contributed by atoms with E-state index in [4.69, 9.17) is 11.6 Å². The van der Waals surface area contributed by atoms with Crippen LogP contribution in [0.5, 0.6) is 0 Å². The summed E-state index contributed by atoms with van der Waals surface area (Å²) in [4.78, 5) is 15.7. The summed E-state index contributed by atoms with van der Waals surface area (Å²) >= 11 is 8.76. The number of pyridine rings is 1. The first kappa shape index (κ1) is 14.2. The van der Waals surface area contributed by atoms with E-state index in [-0.39, 0.29) is 5.91 Å². The Bertz CT molecular complexity index is 558. The summed E-state index contributed by atoms with van der Waals surface area (Å²) in [6.07, 6.45) is 1.89. The van der Waals surface area contributed by atoms with E-state index in [1.807, 2.05) is 6.92 Å². The second-order valence-electron chi connectivity index (χ2n) is 3.60. The van der Waals surface area contributed by atoms with Crippen molar-refractivity contribution in [3.63, 3.8) is 0 Å². The van der Waals surface area contributed by atoms with E-state index in [0.717, 1.165) is 9.35 Å². The molecule has 0 aromatic carbocycles. The molecular weight excluding hydrogens is 304 g/mol. The van der Waals surface area contributed by atoms with Gasteiger partial charge in [-0.15, -0.1) is 10.2 Å². The van der Waals surface area contributed by atoms with Gasteiger partial charge in [0.25, 0.3) is 0 Å². The Labute approximate surface area is 123 Å². The number of aryl methyl sites for hydroxylation is 1. The van der Waals surface area contributed by atoms with E-state index in [9.17, 15) is 4.79 Å². The number of nitrogens with one attached hydrogen (secondary N) is 1. The number of thioether (sulfide) groups is 1. The number of aromatic nitrogens is 3. The summed E-state index contributed by atoms with van der Waals surface area (Å²) in [6.45, 7) is 1.90. The maximum Gasteiger partial charge on any atom is 0.226 e. The van der Waals surface area contributed by atoms with Crippen LogP contribution in [0.4, 0.5) is 5.82 Å². The largest absolute Gasteiger partial charge is 0.311 e. The second-order valence-corrected chi connectivity index (χ2v) is 6.56. The summed E-state index contributed by atoms with van der Waals surface area (Å²) in [5, 5.41) is 12.1. The predicted octanol–water partition coefficient (Wildman–Crippen LogP) is 3.02. The number of hydrogen-bond donors (Lipinski definition) is 1. The van der Waals surface area contributed by atoms with Crippen molar-refractivity contribution < 1.29 is 4.79 Å². The van der Waals surface area contributed by atoms with Crippen LogP contribution in [0.1, 0.15) is 11.4 Å². The van der Waals surface area contributed by atoms with Crippen molar-refractivity contribution in [2.75, 3.05) is 11.1 Å². The van der Waals surface area contributed by atoms with E-state index in [2.05, 4.69) is 20.5 Å². The number of rotatable bonds is 5. The Hall–Kier alpha value is -1.18. The quantitative estimate of drug-likeness (QED) is 0.859. The fraction of sp³-hybridized carbons (Fsp3) is 0.273. The van der Waals surface area contributed by atoms with Gasteiger partial charge in [-0.3, -0.25) is 4.79 Å². The molecule has 100 valence electrons. The lowest BCUT2D eigenvalue weighted by Crippen LogP contribution is -2.13. The van der Waals surface area contributed by atoms with E-state index in [1.165, 1.54) is 29.3 Å². The summed E-state index contributed by atoms with van der Waals surface area (Å²) in [5.74, 6) is 1.09. The van der Waals surface area contributed by atoms with Gasteiger partial charge < -0.3 is 5.32 Å². The van der Waals surface area contributed by atoms with Crippen molar-refractivity contribution in [2.24, 2.45) is 0 Å². The Morgan fingerprint density at radius 1 is 1.47 bits per heavy atom. The van der Waals surface area contributed by atoms with E-state index >= 15 is 0 Å². The van der Waals surface area contributed by atoms with Gasteiger partial charge in [-0.25, -0.2) is 4.98 Å². The third kappa shape index (κ3) is 4.77. The number of carbonyl (C=O) groups excluding carboxylic acids is 1. The van der Waals surface area contributed by atoms with Gasteiger partial charge >= 0.3 is 0 Å². The molecule has 2 rings (SSSR count). The minimum atomic E-state index is -0.0800. The Balaban J connectivity index is 1.74. The third-order valence-electron chi connectivity index (χ3n) is 2.06. The van der Waals surface area contributed by atoms with E-state index in [0.29, 0.717) is 23.0 Å². The molecule has 2 heterocycles. The fourth-order valence-corrected chi connectivity index (χ4v) is 3.16. The SMILES string of the molecule is Cc1nnc(SCCC(=O)Nc2ccc(Cl)cn2)s1. The topological polar surface area (TPSA) is 67.8 Å². The van der Waals surface area contributed by atoms with Crippen LogP contribution in [0.25, 0.3) is 0 Å². The number of carbonyl (C=O) groups is 1. The van der Waals surface area contributed by atoms with Gasteiger partial charge in [-0.05, 0) is 19.1 Å². The highest BCUT2D eigenvalue weighted by Gasteiger charge is 2.06. The number of halogens is 1. The van der Waals surface area contributed by atoms with Crippen LogP contribution in [-0.4, -0.2) is 26.8 Å². The van der Waals surface area contributed by atoms with E-state index in [1.54, 1.807) is 12.1 Å². The standard InChI is InChI=1S/C11H11ClN4OS2/c1-7-15-16-11(19-7)18-5-4-10(17)14-9-3-2-8(12)6-13-9/h2-3,6H,4-5H2,1H3,(H,13,14,17). The molecule has 0 saturated carbocycles. The number of hydrogen-bond acceptors (Lipinski definition) is 6. The van der Waals surface area contributed by atoms with Crippen LogP contribution in [0.2, 0.25) is 5.02 Å². The number of anilines is 1. The van der Waals surface area contributed by atoms with Gasteiger partial charge in [-0.2, -0.15) is 0 Å². The van der Waals surface area contributed by atoms with Crippen molar-refractivity contribution in [2.45, 2.75) is 17.7 Å². The molecule has 0 aliphatic carbocycles. The zero-order valence-electron chi connectivity index (χ0n) is 10.1. The maximum absolute atomic E-state index is 11.7. The molecule has 2 aromatic heterocycles. The average molecular weight is 315 g/mol. The van der Waals surface area contributed by atoms with Crippen molar-refractivity contribution in [1.29, 1.82) is 0 Å². The second kappa shape index (κ2) is 6.83. The van der Waals surface area contributed by atoms with Gasteiger partial charge in [-0.1, -0.05) is 34.7 Å². The van der Waals surface area contributed by atoms with Crippen LogP contribution < -0.4 is 5.32 Å². The first-order chi connectivity index (χ1) is 9.13. The fourth-order valence-electron chi connectivity index (χ4n) is 1.22. The van der Waals surface area contributed by atoms with Crippen molar-refractivity contribution >= 4 is 46.4 Å². The molecule has 1 N–H and O–H groups in total. The first-order valence-corrected chi connectivity index (χ1v) is 7.66. The monoisotopic (exact) mass is 314 g/mol. The zero-order valence-corrected chi connectivity index (χ0v) is 12.5. The molecule has 0 radical (unpaired) electrons. The molecule has 0 atom stereocenters.